The van der Waals surface area contributed by atoms with Gasteiger partial charge in [-0.1, -0.05) is 6.92 Å². The predicted molar refractivity (Wildman–Crippen MR) is 72.3 cm³/mol. The highest BCUT2D eigenvalue weighted by Gasteiger charge is 2.15. The van der Waals surface area contributed by atoms with E-state index < -0.39 is 0 Å². The zero-order valence-electron chi connectivity index (χ0n) is 11.4. The maximum Gasteiger partial charge on any atom is 0.242 e. The van der Waals surface area contributed by atoms with Crippen LogP contribution in [0.3, 0.4) is 0 Å². The Kier molecular flexibility index (Phi) is 4.88. The van der Waals surface area contributed by atoms with Crippen LogP contribution in [0.15, 0.2) is 0 Å². The van der Waals surface area contributed by atoms with Gasteiger partial charge in [-0.05, 0) is 27.2 Å². The fraction of sp³-hybridized carbons (Fsp3) is 0.583. The average Bonchev–Trinajstić information content (AvgIpc) is 2.32. The molecule has 0 aliphatic heterocycles. The first-order valence-electron chi connectivity index (χ1n) is 6.10. The number of hydrogen-bond acceptors (Lipinski definition) is 5. The number of carbonyl (C=O) groups is 1. The Morgan fingerprint density at radius 2 is 2.06 bits per heavy atom. The smallest absolute Gasteiger partial charge is 0.242 e. The number of rotatable bonds is 5. The van der Waals surface area contributed by atoms with Crippen LogP contribution >= 0.6 is 0 Å². The number of amides is 1. The fourth-order valence-electron chi connectivity index (χ4n) is 1.46. The van der Waals surface area contributed by atoms with Crippen molar-refractivity contribution < 1.29 is 4.79 Å². The second kappa shape index (κ2) is 6.18. The van der Waals surface area contributed by atoms with E-state index in [0.29, 0.717) is 24.0 Å². The highest BCUT2D eigenvalue weighted by atomic mass is 16.2. The number of nitrogens with one attached hydrogen (secondary N) is 2. The van der Waals surface area contributed by atoms with Crippen LogP contribution in [0.25, 0.3) is 0 Å². The van der Waals surface area contributed by atoms with Crippen molar-refractivity contribution in [1.29, 1.82) is 0 Å². The lowest BCUT2D eigenvalue weighted by atomic mass is 10.2. The van der Waals surface area contributed by atoms with Gasteiger partial charge in [0.2, 0.25) is 5.91 Å². The first-order chi connectivity index (χ1) is 8.45. The normalized spacial score (nSPS) is 12.0. The van der Waals surface area contributed by atoms with Gasteiger partial charge in [-0.15, -0.1) is 0 Å². The summed E-state index contributed by atoms with van der Waals surface area (Å²) in [4.78, 5) is 20.1. The molecule has 1 rings (SSSR count). The van der Waals surface area contributed by atoms with Gasteiger partial charge in [-0.2, -0.15) is 0 Å². The van der Waals surface area contributed by atoms with Crippen molar-refractivity contribution in [3.63, 3.8) is 0 Å². The SMILES string of the molecule is CCCNC(=O)C(C)Nc1nc(C)nc(N)c1C. The van der Waals surface area contributed by atoms with Crippen molar-refractivity contribution >= 4 is 17.5 Å². The van der Waals surface area contributed by atoms with Gasteiger partial charge in [0.1, 0.15) is 23.5 Å². The molecule has 0 bridgehead atoms. The van der Waals surface area contributed by atoms with Crippen LogP contribution in [0.4, 0.5) is 11.6 Å². The molecule has 1 amide bonds. The topological polar surface area (TPSA) is 92.9 Å². The molecule has 1 aromatic rings. The Labute approximate surface area is 107 Å². The summed E-state index contributed by atoms with van der Waals surface area (Å²) in [6, 6.07) is -0.357. The predicted octanol–water partition coefficient (Wildman–Crippen LogP) is 1.00. The number of nitrogen functional groups attached to an aromatic ring is 1. The summed E-state index contributed by atoms with van der Waals surface area (Å²) in [5, 5.41) is 5.88. The highest BCUT2D eigenvalue weighted by Crippen LogP contribution is 2.17. The standard InChI is InChI=1S/C12H21N5O/c1-5-6-14-12(18)8(3)15-11-7(2)10(13)16-9(4)17-11/h8H,5-6H2,1-4H3,(H,14,18)(H3,13,15,16,17). The zero-order chi connectivity index (χ0) is 13.7. The Morgan fingerprint density at radius 3 is 2.67 bits per heavy atom. The molecule has 0 radical (unpaired) electrons. The summed E-state index contributed by atoms with van der Waals surface area (Å²) in [7, 11) is 0. The lowest BCUT2D eigenvalue weighted by Crippen LogP contribution is -2.38. The molecular formula is C12H21N5O. The molecule has 1 aromatic heterocycles. The van der Waals surface area contributed by atoms with E-state index in [-0.39, 0.29) is 11.9 Å². The largest absolute Gasteiger partial charge is 0.383 e. The summed E-state index contributed by atoms with van der Waals surface area (Å²) in [5.41, 5.74) is 6.52. The minimum atomic E-state index is -0.357. The Morgan fingerprint density at radius 1 is 1.39 bits per heavy atom. The number of aryl methyl sites for hydroxylation is 1. The van der Waals surface area contributed by atoms with Crippen molar-refractivity contribution in [2.45, 2.75) is 40.2 Å². The lowest BCUT2D eigenvalue weighted by Gasteiger charge is -2.16. The van der Waals surface area contributed by atoms with Crippen molar-refractivity contribution in [2.75, 3.05) is 17.6 Å². The molecule has 0 aromatic carbocycles. The first kappa shape index (κ1) is 14.2. The van der Waals surface area contributed by atoms with Crippen molar-refractivity contribution in [3.8, 4) is 0 Å². The Balaban J connectivity index is 2.75. The van der Waals surface area contributed by atoms with E-state index in [0.717, 1.165) is 12.0 Å². The van der Waals surface area contributed by atoms with E-state index in [2.05, 4.69) is 20.6 Å². The van der Waals surface area contributed by atoms with Crippen LogP contribution < -0.4 is 16.4 Å². The van der Waals surface area contributed by atoms with E-state index in [1.54, 1.807) is 13.8 Å². The second-order valence-corrected chi connectivity index (χ2v) is 4.29. The van der Waals surface area contributed by atoms with Crippen LogP contribution in [-0.4, -0.2) is 28.5 Å². The van der Waals surface area contributed by atoms with E-state index in [4.69, 9.17) is 5.73 Å². The van der Waals surface area contributed by atoms with Crippen LogP contribution in [0.1, 0.15) is 31.7 Å². The summed E-state index contributed by atoms with van der Waals surface area (Å²) >= 11 is 0. The molecule has 0 fully saturated rings. The Bertz CT molecular complexity index is 433. The molecule has 0 saturated heterocycles. The van der Waals surface area contributed by atoms with Crippen molar-refractivity contribution in [3.05, 3.63) is 11.4 Å². The number of anilines is 2. The summed E-state index contributed by atoms with van der Waals surface area (Å²) < 4.78 is 0. The molecule has 0 saturated carbocycles. The number of carbonyl (C=O) groups excluding carboxylic acids is 1. The number of nitrogens with two attached hydrogens (primary N) is 1. The van der Waals surface area contributed by atoms with E-state index in [1.165, 1.54) is 0 Å². The van der Waals surface area contributed by atoms with Gasteiger partial charge in [0.25, 0.3) is 0 Å². The third-order valence-electron chi connectivity index (χ3n) is 2.59. The maximum absolute atomic E-state index is 11.7. The molecule has 6 nitrogen and oxygen atoms in total. The molecule has 0 spiro atoms. The van der Waals surface area contributed by atoms with E-state index >= 15 is 0 Å². The molecule has 4 N–H and O–H groups in total. The average molecular weight is 251 g/mol. The first-order valence-corrected chi connectivity index (χ1v) is 6.10. The molecule has 1 atom stereocenters. The molecule has 18 heavy (non-hydrogen) atoms. The van der Waals surface area contributed by atoms with Gasteiger partial charge >= 0.3 is 0 Å². The minimum Gasteiger partial charge on any atom is -0.383 e. The van der Waals surface area contributed by atoms with Gasteiger partial charge < -0.3 is 16.4 Å². The maximum atomic E-state index is 11.7. The highest BCUT2D eigenvalue weighted by molar-refractivity contribution is 5.84. The zero-order valence-corrected chi connectivity index (χ0v) is 11.4. The third-order valence-corrected chi connectivity index (χ3v) is 2.59. The van der Waals surface area contributed by atoms with Crippen LogP contribution in [-0.2, 0) is 4.79 Å². The van der Waals surface area contributed by atoms with Gasteiger partial charge in [0.15, 0.2) is 0 Å². The van der Waals surface area contributed by atoms with E-state index in [9.17, 15) is 4.79 Å². The van der Waals surface area contributed by atoms with Crippen LogP contribution in [0.5, 0.6) is 0 Å². The van der Waals surface area contributed by atoms with E-state index in [1.807, 2.05) is 13.8 Å². The number of aromatic nitrogens is 2. The number of nitrogens with zero attached hydrogens (tertiary/aromatic N) is 2. The van der Waals surface area contributed by atoms with Crippen molar-refractivity contribution in [2.24, 2.45) is 0 Å². The molecule has 0 aliphatic rings. The summed E-state index contributed by atoms with van der Waals surface area (Å²) in [6.45, 7) is 8.07. The number of hydrogen-bond donors (Lipinski definition) is 3. The second-order valence-electron chi connectivity index (χ2n) is 4.29. The van der Waals surface area contributed by atoms with Gasteiger partial charge in [0, 0.05) is 12.1 Å². The monoisotopic (exact) mass is 251 g/mol. The molecule has 6 heteroatoms. The summed E-state index contributed by atoms with van der Waals surface area (Å²) in [6.07, 6.45) is 0.914. The van der Waals surface area contributed by atoms with Gasteiger partial charge in [-0.3, -0.25) is 4.79 Å². The fourth-order valence-corrected chi connectivity index (χ4v) is 1.46. The molecule has 100 valence electrons. The summed E-state index contributed by atoms with van der Waals surface area (Å²) in [5.74, 6) is 1.58. The van der Waals surface area contributed by atoms with Gasteiger partial charge in [0.05, 0.1) is 0 Å². The van der Waals surface area contributed by atoms with Gasteiger partial charge in [-0.25, -0.2) is 9.97 Å². The minimum absolute atomic E-state index is 0.0499. The van der Waals surface area contributed by atoms with Crippen molar-refractivity contribution in [1.82, 2.24) is 15.3 Å². The molecular weight excluding hydrogens is 230 g/mol. The Hall–Kier alpha value is -1.85. The third kappa shape index (κ3) is 3.58. The molecule has 0 aliphatic carbocycles. The molecule has 1 heterocycles. The quantitative estimate of drug-likeness (QED) is 0.726. The molecule has 1 unspecified atom stereocenters. The van der Waals surface area contributed by atoms with Crippen LogP contribution in [0, 0.1) is 13.8 Å². The lowest BCUT2D eigenvalue weighted by molar-refractivity contribution is -0.121. The van der Waals surface area contributed by atoms with Crippen LogP contribution in [0.2, 0.25) is 0 Å².